The van der Waals surface area contributed by atoms with Gasteiger partial charge in [0.1, 0.15) is 23.0 Å². The largest absolute Gasteiger partial charge is 0.497 e. The van der Waals surface area contributed by atoms with E-state index in [4.69, 9.17) is 14.2 Å². The molecule has 4 aromatic rings. The zero-order chi connectivity index (χ0) is 24.3. The highest BCUT2D eigenvalue weighted by molar-refractivity contribution is 5.56. The van der Waals surface area contributed by atoms with Gasteiger partial charge in [-0.2, -0.15) is 0 Å². The summed E-state index contributed by atoms with van der Waals surface area (Å²) in [6, 6.07) is 31.6. The van der Waals surface area contributed by atoms with Crippen molar-refractivity contribution < 1.29 is 14.2 Å². The number of hydrogen-bond acceptors (Lipinski definition) is 3. The lowest BCUT2D eigenvalue weighted by atomic mass is 10.1. The Morgan fingerprint density at radius 3 is 1.37 bits per heavy atom. The van der Waals surface area contributed by atoms with Crippen LogP contribution in [0.1, 0.15) is 22.3 Å². The highest BCUT2D eigenvalue weighted by atomic mass is 16.5. The summed E-state index contributed by atoms with van der Waals surface area (Å²) in [4.78, 5) is 0. The molecular weight excluding hydrogens is 432 g/mol. The molecule has 0 radical (unpaired) electrons. The molecule has 0 bridgehead atoms. The molecule has 0 saturated carbocycles. The minimum atomic E-state index is 0.641. The van der Waals surface area contributed by atoms with Crippen LogP contribution in [0.2, 0.25) is 0 Å². The molecule has 0 aliphatic heterocycles. The van der Waals surface area contributed by atoms with Crippen LogP contribution in [-0.4, -0.2) is 14.2 Å². The van der Waals surface area contributed by atoms with E-state index < -0.39 is 0 Å². The number of ether oxygens (including phenoxy) is 3. The Bertz CT molecular complexity index is 1280. The minimum Gasteiger partial charge on any atom is -0.497 e. The molecule has 0 aliphatic rings. The van der Waals surface area contributed by atoms with Gasteiger partial charge in [0, 0.05) is 12.8 Å². The highest BCUT2D eigenvalue weighted by Crippen LogP contribution is 2.32. The monoisotopic (exact) mass is 458 g/mol. The Kier molecular flexibility index (Phi) is 8.10. The van der Waals surface area contributed by atoms with Gasteiger partial charge in [0.25, 0.3) is 0 Å². The van der Waals surface area contributed by atoms with Crippen LogP contribution in [0, 0.1) is 23.7 Å². The summed E-state index contributed by atoms with van der Waals surface area (Å²) in [5.74, 6) is 15.7. The second-order valence-corrected chi connectivity index (χ2v) is 7.75. The standard InChI is InChI=1S/C32H26O3/c1-33-29-19-21-31(27(23-29)17-9-15-25-11-5-3-6-12-25)35-32-22-20-30(34-2)24-28(32)18-10-16-26-13-7-4-8-14-26/h3-8,11-14,19-24H,15-16H2,1-2H3. The van der Waals surface area contributed by atoms with Gasteiger partial charge in [-0.3, -0.25) is 0 Å². The van der Waals surface area contributed by atoms with Crippen molar-refractivity contribution in [3.8, 4) is 46.7 Å². The molecule has 0 aromatic heterocycles. The summed E-state index contributed by atoms with van der Waals surface area (Å²) in [6.07, 6.45) is 1.30. The maximum absolute atomic E-state index is 6.33. The van der Waals surface area contributed by atoms with Gasteiger partial charge in [0.15, 0.2) is 0 Å². The lowest BCUT2D eigenvalue weighted by molar-refractivity contribution is 0.410. The lowest BCUT2D eigenvalue weighted by Gasteiger charge is -2.12. The van der Waals surface area contributed by atoms with E-state index in [1.54, 1.807) is 14.2 Å². The number of rotatable bonds is 6. The molecule has 4 aromatic carbocycles. The van der Waals surface area contributed by atoms with Crippen molar-refractivity contribution in [3.63, 3.8) is 0 Å². The van der Waals surface area contributed by atoms with E-state index in [1.165, 1.54) is 0 Å². The molecule has 0 spiro atoms. The maximum Gasteiger partial charge on any atom is 0.143 e. The quantitative estimate of drug-likeness (QED) is 0.302. The molecule has 0 N–H and O–H groups in total. The summed E-state index contributed by atoms with van der Waals surface area (Å²) in [5.41, 5.74) is 3.83. The van der Waals surface area contributed by atoms with E-state index in [1.807, 2.05) is 72.8 Å². The normalized spacial score (nSPS) is 9.77. The maximum atomic E-state index is 6.33. The first-order valence-electron chi connectivity index (χ1n) is 11.3. The van der Waals surface area contributed by atoms with E-state index in [0.29, 0.717) is 24.3 Å². The number of hydrogen-bond donors (Lipinski definition) is 0. The number of benzene rings is 4. The van der Waals surface area contributed by atoms with Crippen molar-refractivity contribution in [2.24, 2.45) is 0 Å². The van der Waals surface area contributed by atoms with Crippen molar-refractivity contribution in [2.75, 3.05) is 14.2 Å². The van der Waals surface area contributed by atoms with Crippen LogP contribution in [0.4, 0.5) is 0 Å². The van der Waals surface area contributed by atoms with Crippen molar-refractivity contribution in [3.05, 3.63) is 119 Å². The molecule has 0 fully saturated rings. The minimum absolute atomic E-state index is 0.641. The first-order chi connectivity index (χ1) is 17.2. The van der Waals surface area contributed by atoms with Crippen molar-refractivity contribution in [2.45, 2.75) is 12.8 Å². The summed E-state index contributed by atoms with van der Waals surface area (Å²) in [6.45, 7) is 0. The van der Waals surface area contributed by atoms with Crippen LogP contribution in [0.3, 0.4) is 0 Å². The molecule has 0 saturated heterocycles. The zero-order valence-electron chi connectivity index (χ0n) is 19.9. The smallest absolute Gasteiger partial charge is 0.143 e. The molecule has 35 heavy (non-hydrogen) atoms. The molecule has 0 heterocycles. The fourth-order valence-corrected chi connectivity index (χ4v) is 3.44. The van der Waals surface area contributed by atoms with Gasteiger partial charge in [0.05, 0.1) is 25.3 Å². The molecule has 0 unspecified atom stereocenters. The van der Waals surface area contributed by atoms with Gasteiger partial charge in [-0.15, -0.1) is 0 Å². The Balaban J connectivity index is 1.62. The van der Waals surface area contributed by atoms with Crippen molar-refractivity contribution in [1.29, 1.82) is 0 Å². The fourth-order valence-electron chi connectivity index (χ4n) is 3.44. The summed E-state index contributed by atoms with van der Waals surface area (Å²) in [7, 11) is 3.28. The van der Waals surface area contributed by atoms with Gasteiger partial charge in [-0.25, -0.2) is 0 Å². The van der Waals surface area contributed by atoms with Crippen LogP contribution in [0.25, 0.3) is 0 Å². The van der Waals surface area contributed by atoms with Crippen molar-refractivity contribution in [1.82, 2.24) is 0 Å². The molecular formula is C32H26O3. The topological polar surface area (TPSA) is 27.7 Å². The van der Waals surface area contributed by atoms with E-state index in [2.05, 4.69) is 47.9 Å². The van der Waals surface area contributed by atoms with Gasteiger partial charge in [-0.1, -0.05) is 84.3 Å². The molecule has 0 aliphatic carbocycles. The first kappa shape index (κ1) is 23.6. The third-order valence-electron chi connectivity index (χ3n) is 5.31. The second kappa shape index (κ2) is 12.0. The second-order valence-electron chi connectivity index (χ2n) is 7.75. The van der Waals surface area contributed by atoms with E-state index >= 15 is 0 Å². The summed E-state index contributed by atoms with van der Waals surface area (Å²) < 4.78 is 17.2. The predicted molar refractivity (Wildman–Crippen MR) is 140 cm³/mol. The molecule has 3 nitrogen and oxygen atoms in total. The van der Waals surface area contributed by atoms with E-state index in [-0.39, 0.29) is 0 Å². The average Bonchev–Trinajstić information content (AvgIpc) is 2.91. The van der Waals surface area contributed by atoms with Crippen LogP contribution < -0.4 is 14.2 Å². The molecule has 0 amide bonds. The third kappa shape index (κ3) is 6.70. The molecule has 172 valence electrons. The Morgan fingerprint density at radius 2 is 0.971 bits per heavy atom. The van der Waals surface area contributed by atoms with Crippen LogP contribution in [-0.2, 0) is 12.8 Å². The van der Waals surface area contributed by atoms with Crippen LogP contribution in [0.15, 0.2) is 97.1 Å². The molecule has 4 rings (SSSR count). The van der Waals surface area contributed by atoms with Crippen molar-refractivity contribution >= 4 is 0 Å². The predicted octanol–water partition coefficient (Wildman–Crippen LogP) is 6.68. The Morgan fingerprint density at radius 1 is 0.543 bits per heavy atom. The average molecular weight is 459 g/mol. The summed E-state index contributed by atoms with van der Waals surface area (Å²) in [5, 5.41) is 0. The van der Waals surface area contributed by atoms with E-state index in [9.17, 15) is 0 Å². The van der Waals surface area contributed by atoms with Crippen LogP contribution >= 0.6 is 0 Å². The Labute approximate surface area is 207 Å². The van der Waals surface area contributed by atoms with Gasteiger partial charge in [0.2, 0.25) is 0 Å². The molecule has 0 atom stereocenters. The first-order valence-corrected chi connectivity index (χ1v) is 11.3. The zero-order valence-corrected chi connectivity index (χ0v) is 19.9. The Hall–Kier alpha value is -4.60. The molecule has 3 heteroatoms. The lowest BCUT2D eigenvalue weighted by Crippen LogP contribution is -1.94. The van der Waals surface area contributed by atoms with Gasteiger partial charge >= 0.3 is 0 Å². The third-order valence-corrected chi connectivity index (χ3v) is 5.31. The van der Waals surface area contributed by atoms with Gasteiger partial charge < -0.3 is 14.2 Å². The van der Waals surface area contributed by atoms with Gasteiger partial charge in [-0.05, 0) is 47.5 Å². The highest BCUT2D eigenvalue weighted by Gasteiger charge is 2.10. The SMILES string of the molecule is COc1ccc(Oc2ccc(OC)cc2C#CCc2ccccc2)c(C#CCc2ccccc2)c1. The van der Waals surface area contributed by atoms with Crippen LogP contribution in [0.5, 0.6) is 23.0 Å². The summed E-state index contributed by atoms with van der Waals surface area (Å²) >= 11 is 0. The van der Waals surface area contributed by atoms with E-state index in [0.717, 1.165) is 33.8 Å². The fraction of sp³-hybridized carbons (Fsp3) is 0.125. The number of methoxy groups -OCH3 is 2.